The molecule has 6 heteroatoms. The summed E-state index contributed by atoms with van der Waals surface area (Å²) in [6, 6.07) is 9.01. The number of nitrogens with zero attached hydrogens (tertiary/aromatic N) is 1. The molecule has 0 saturated carbocycles. The molecule has 1 atom stereocenters. The van der Waals surface area contributed by atoms with Crippen LogP contribution in [-0.4, -0.2) is 47.1 Å². The predicted octanol–water partition coefficient (Wildman–Crippen LogP) is 2.48. The van der Waals surface area contributed by atoms with Crippen molar-refractivity contribution in [3.8, 4) is 0 Å². The largest absolute Gasteiger partial charge is 0.623 e. The van der Waals surface area contributed by atoms with E-state index in [1.54, 1.807) is 12.1 Å². The summed E-state index contributed by atoms with van der Waals surface area (Å²) in [6.45, 7) is 8.91. The third-order valence-corrected chi connectivity index (χ3v) is 4.83. The van der Waals surface area contributed by atoms with E-state index in [-0.39, 0.29) is 0 Å². The SMILES string of the molecule is COC(=O)C(C)(C1OC(C)(C)C(C)(C)O1)/[N+]([O-])=C/c1ccccc1. The molecule has 0 N–H and O–H groups in total. The Morgan fingerprint density at radius 2 is 1.71 bits per heavy atom. The van der Waals surface area contributed by atoms with Gasteiger partial charge in [0.25, 0.3) is 0 Å². The zero-order valence-corrected chi connectivity index (χ0v) is 15.0. The van der Waals surface area contributed by atoms with E-state index >= 15 is 0 Å². The molecule has 0 amide bonds. The Hall–Kier alpha value is -1.92. The second kappa shape index (κ2) is 6.18. The molecule has 1 aromatic rings. The Morgan fingerprint density at radius 3 is 2.17 bits per heavy atom. The van der Waals surface area contributed by atoms with Crippen LogP contribution in [0.3, 0.4) is 0 Å². The second-order valence-corrected chi connectivity index (χ2v) is 7.09. The number of carbonyl (C=O) groups is 1. The fourth-order valence-electron chi connectivity index (χ4n) is 2.38. The summed E-state index contributed by atoms with van der Waals surface area (Å²) in [5.74, 6) is -0.719. The van der Waals surface area contributed by atoms with E-state index in [0.29, 0.717) is 10.3 Å². The van der Waals surface area contributed by atoms with Crippen molar-refractivity contribution in [1.82, 2.24) is 0 Å². The minimum atomic E-state index is -1.67. The number of hydroxylamine groups is 1. The zero-order chi connectivity index (χ0) is 18.2. The van der Waals surface area contributed by atoms with Crippen molar-refractivity contribution in [2.24, 2.45) is 0 Å². The lowest BCUT2D eigenvalue weighted by Crippen LogP contribution is -2.56. The summed E-state index contributed by atoms with van der Waals surface area (Å²) in [4.78, 5) is 12.4. The quantitative estimate of drug-likeness (QED) is 0.278. The highest BCUT2D eigenvalue weighted by Gasteiger charge is 2.62. The van der Waals surface area contributed by atoms with E-state index in [0.717, 1.165) is 0 Å². The van der Waals surface area contributed by atoms with Gasteiger partial charge in [-0.15, -0.1) is 0 Å². The maximum absolute atomic E-state index is 12.8. The molecule has 0 spiro atoms. The fraction of sp³-hybridized carbons (Fsp3) is 0.556. The van der Waals surface area contributed by atoms with Gasteiger partial charge in [0.2, 0.25) is 6.29 Å². The van der Waals surface area contributed by atoms with Crippen LogP contribution in [-0.2, 0) is 19.0 Å². The number of hydrogen-bond acceptors (Lipinski definition) is 5. The Bertz CT molecular complexity index is 622. The second-order valence-electron chi connectivity index (χ2n) is 7.09. The van der Waals surface area contributed by atoms with Crippen molar-refractivity contribution in [2.75, 3.05) is 7.11 Å². The van der Waals surface area contributed by atoms with Crippen molar-refractivity contribution in [3.63, 3.8) is 0 Å². The molecule has 1 unspecified atom stereocenters. The normalized spacial score (nSPS) is 22.8. The zero-order valence-electron chi connectivity index (χ0n) is 15.0. The number of hydrogen-bond donors (Lipinski definition) is 0. The lowest BCUT2D eigenvalue weighted by Gasteiger charge is -2.30. The average molecular weight is 335 g/mol. The minimum Gasteiger partial charge on any atom is -0.623 e. The summed E-state index contributed by atoms with van der Waals surface area (Å²) in [5.41, 5.74) is -2.34. The highest BCUT2D eigenvalue weighted by Crippen LogP contribution is 2.42. The maximum Gasteiger partial charge on any atom is 0.384 e. The first-order chi connectivity index (χ1) is 11.0. The van der Waals surface area contributed by atoms with Gasteiger partial charge >= 0.3 is 11.5 Å². The van der Waals surface area contributed by atoms with E-state index in [9.17, 15) is 10.0 Å². The van der Waals surface area contributed by atoms with Crippen LogP contribution < -0.4 is 0 Å². The topological polar surface area (TPSA) is 70.8 Å². The lowest BCUT2D eigenvalue weighted by molar-refractivity contribution is -0.553. The Morgan fingerprint density at radius 1 is 1.21 bits per heavy atom. The number of methoxy groups -OCH3 is 1. The summed E-state index contributed by atoms with van der Waals surface area (Å²) < 4.78 is 17.3. The minimum absolute atomic E-state index is 0.552. The number of carbonyl (C=O) groups excluding carboxylic acids is 1. The molecule has 0 aromatic heterocycles. The van der Waals surface area contributed by atoms with Gasteiger partial charge in [0, 0.05) is 12.5 Å². The number of esters is 1. The smallest absolute Gasteiger partial charge is 0.384 e. The van der Waals surface area contributed by atoms with Crippen molar-refractivity contribution >= 4 is 12.2 Å². The van der Waals surface area contributed by atoms with E-state index in [1.807, 2.05) is 45.9 Å². The van der Waals surface area contributed by atoms with Gasteiger partial charge in [-0.05, 0) is 39.8 Å². The van der Waals surface area contributed by atoms with Gasteiger partial charge in [-0.2, -0.15) is 4.74 Å². The summed E-state index contributed by atoms with van der Waals surface area (Å²) in [5, 5.41) is 12.8. The fourth-order valence-corrected chi connectivity index (χ4v) is 2.38. The molecule has 6 nitrogen and oxygen atoms in total. The highest BCUT2D eigenvalue weighted by molar-refractivity contribution is 5.82. The molecular formula is C18H25NO5. The van der Waals surface area contributed by atoms with E-state index in [2.05, 4.69) is 0 Å². The van der Waals surface area contributed by atoms with Crippen LogP contribution in [0.25, 0.3) is 0 Å². The van der Waals surface area contributed by atoms with Crippen molar-refractivity contribution < 1.29 is 23.7 Å². The molecule has 0 bridgehead atoms. The molecule has 132 valence electrons. The molecule has 1 heterocycles. The monoisotopic (exact) mass is 335 g/mol. The standard InChI is InChI=1S/C18H25NO5/c1-16(2)17(3,4)24-15(23-16)18(5,14(20)22-6)19(21)12-13-10-8-7-9-11-13/h7-12,15H,1-6H3/b19-12-. The van der Waals surface area contributed by atoms with Gasteiger partial charge < -0.3 is 19.4 Å². The number of rotatable bonds is 4. The van der Waals surface area contributed by atoms with Crippen LogP contribution in [0, 0.1) is 5.21 Å². The molecule has 1 aliphatic rings. The first kappa shape index (κ1) is 18.4. The Balaban J connectivity index is 2.45. The highest BCUT2D eigenvalue weighted by atomic mass is 16.8. The summed E-state index contributed by atoms with van der Waals surface area (Å²) >= 11 is 0. The van der Waals surface area contributed by atoms with E-state index in [1.165, 1.54) is 20.2 Å². The van der Waals surface area contributed by atoms with Gasteiger partial charge in [-0.3, -0.25) is 0 Å². The summed E-state index contributed by atoms with van der Waals surface area (Å²) in [6.07, 6.45) is 0.273. The predicted molar refractivity (Wildman–Crippen MR) is 89.8 cm³/mol. The lowest BCUT2D eigenvalue weighted by atomic mass is 9.90. The third-order valence-electron chi connectivity index (χ3n) is 4.83. The molecule has 0 aliphatic carbocycles. The average Bonchev–Trinajstić information content (AvgIpc) is 2.75. The van der Waals surface area contributed by atoms with Gasteiger partial charge in [0.1, 0.15) is 0 Å². The van der Waals surface area contributed by atoms with Crippen LogP contribution >= 0.6 is 0 Å². The molecular weight excluding hydrogens is 310 g/mol. The van der Waals surface area contributed by atoms with Crippen molar-refractivity contribution in [3.05, 3.63) is 41.1 Å². The molecule has 1 saturated heterocycles. The molecule has 24 heavy (non-hydrogen) atoms. The Labute approximate surface area is 142 Å². The first-order valence-electron chi connectivity index (χ1n) is 7.85. The van der Waals surface area contributed by atoms with Gasteiger partial charge in [0.15, 0.2) is 6.21 Å². The molecule has 0 radical (unpaired) electrons. The number of benzene rings is 1. The van der Waals surface area contributed by atoms with Crippen molar-refractivity contribution in [2.45, 2.75) is 57.6 Å². The first-order valence-corrected chi connectivity index (χ1v) is 7.85. The van der Waals surface area contributed by atoms with Crippen molar-refractivity contribution in [1.29, 1.82) is 0 Å². The van der Waals surface area contributed by atoms with Gasteiger partial charge in [-0.25, -0.2) is 4.79 Å². The molecule has 1 aromatic carbocycles. The third kappa shape index (κ3) is 3.03. The van der Waals surface area contributed by atoms with Crippen LogP contribution in [0.15, 0.2) is 30.3 Å². The van der Waals surface area contributed by atoms with E-state index < -0.39 is 29.0 Å². The van der Waals surface area contributed by atoms with Crippen LogP contribution in [0.2, 0.25) is 0 Å². The van der Waals surface area contributed by atoms with Gasteiger partial charge in [-0.1, -0.05) is 18.2 Å². The molecule has 1 fully saturated rings. The summed E-state index contributed by atoms with van der Waals surface area (Å²) in [7, 11) is 1.24. The number of ether oxygens (including phenoxy) is 3. The molecule has 1 aliphatic heterocycles. The maximum atomic E-state index is 12.8. The van der Waals surface area contributed by atoms with Crippen LogP contribution in [0.5, 0.6) is 0 Å². The van der Waals surface area contributed by atoms with Crippen LogP contribution in [0.1, 0.15) is 40.2 Å². The van der Waals surface area contributed by atoms with Gasteiger partial charge in [0.05, 0.1) is 18.3 Å². The van der Waals surface area contributed by atoms with Crippen LogP contribution in [0.4, 0.5) is 0 Å². The molecule has 2 rings (SSSR count). The van der Waals surface area contributed by atoms with E-state index in [4.69, 9.17) is 14.2 Å². The Kier molecular flexibility index (Phi) is 4.74.